The van der Waals surface area contributed by atoms with Crippen LogP contribution in [0.4, 0.5) is 0 Å². The summed E-state index contributed by atoms with van der Waals surface area (Å²) in [5.41, 5.74) is 0.447. The van der Waals surface area contributed by atoms with Crippen molar-refractivity contribution in [3.8, 4) is 5.75 Å². The lowest BCUT2D eigenvalue weighted by Crippen LogP contribution is -2.11. The third-order valence-electron chi connectivity index (χ3n) is 2.75. The van der Waals surface area contributed by atoms with Gasteiger partial charge in [-0.2, -0.15) is 0 Å². The number of methoxy groups -OCH3 is 1. The van der Waals surface area contributed by atoms with Gasteiger partial charge in [-0.3, -0.25) is 9.42 Å². The maximum atomic E-state index is 11.8. The quantitative estimate of drug-likeness (QED) is 0.263. The Balaban J connectivity index is 2.46. The van der Waals surface area contributed by atoms with E-state index < -0.39 is 19.8 Å². The molecule has 10 heteroatoms. The molecule has 1 aromatic carbocycles. The summed E-state index contributed by atoms with van der Waals surface area (Å²) in [4.78, 5) is 32.5. The Bertz CT molecular complexity index is 669. The second kappa shape index (κ2) is 10.7. The first-order chi connectivity index (χ1) is 12.2. The van der Waals surface area contributed by atoms with E-state index in [0.29, 0.717) is 0 Å². The van der Waals surface area contributed by atoms with Gasteiger partial charge in [0.05, 0.1) is 18.8 Å². The Morgan fingerprint density at radius 1 is 1.08 bits per heavy atom. The van der Waals surface area contributed by atoms with Crippen LogP contribution in [0.15, 0.2) is 36.4 Å². The number of hydrogen-bond acceptors (Lipinski definition) is 8. The predicted molar refractivity (Wildman–Crippen MR) is 90.8 cm³/mol. The van der Waals surface area contributed by atoms with Crippen LogP contribution >= 0.6 is 7.82 Å². The van der Waals surface area contributed by atoms with Crippen LogP contribution < -0.4 is 4.52 Å². The molecule has 0 aliphatic rings. The van der Waals surface area contributed by atoms with Gasteiger partial charge in [0.2, 0.25) is 0 Å². The molecule has 1 N–H and O–H groups in total. The zero-order chi connectivity index (χ0) is 19.6. The van der Waals surface area contributed by atoms with Crippen LogP contribution in [0, 0.1) is 0 Å². The Kier molecular flexibility index (Phi) is 9.01. The highest BCUT2D eigenvalue weighted by atomic mass is 31.2. The van der Waals surface area contributed by atoms with Gasteiger partial charge in [-0.25, -0.2) is 14.2 Å². The first-order valence-electron chi connectivity index (χ1n) is 7.51. The standard InChI is InChI=1S/C16H21O9P/c1-12(2)15(17)22-10-11-24-26(19,20)25-14-6-4-13(5-7-14)16(18)23-9-8-21-3/h4-7H,1,8-11H2,2-3H3,(H,19,20). The average Bonchev–Trinajstić information content (AvgIpc) is 2.58. The molecule has 0 aliphatic heterocycles. The molecule has 0 radical (unpaired) electrons. The molecule has 0 fully saturated rings. The van der Waals surface area contributed by atoms with Gasteiger partial charge in [0.25, 0.3) is 0 Å². The number of ether oxygens (including phenoxy) is 3. The molecule has 1 atom stereocenters. The van der Waals surface area contributed by atoms with Crippen molar-refractivity contribution in [2.45, 2.75) is 6.92 Å². The molecule has 144 valence electrons. The molecule has 9 nitrogen and oxygen atoms in total. The molecule has 0 saturated carbocycles. The number of carbonyl (C=O) groups is 2. The van der Waals surface area contributed by atoms with E-state index in [1.54, 1.807) is 0 Å². The van der Waals surface area contributed by atoms with Crippen molar-refractivity contribution in [1.29, 1.82) is 0 Å². The highest BCUT2D eigenvalue weighted by Gasteiger charge is 2.23. The maximum Gasteiger partial charge on any atom is 0.527 e. The lowest BCUT2D eigenvalue weighted by molar-refractivity contribution is -0.139. The second-order valence-electron chi connectivity index (χ2n) is 4.96. The van der Waals surface area contributed by atoms with E-state index in [-0.39, 0.29) is 43.3 Å². The molecule has 1 aromatic rings. The van der Waals surface area contributed by atoms with Crippen LogP contribution in [0.3, 0.4) is 0 Å². The summed E-state index contributed by atoms with van der Waals surface area (Å²) in [6.07, 6.45) is 0. The third kappa shape index (κ3) is 8.26. The lowest BCUT2D eigenvalue weighted by Gasteiger charge is -2.13. The average molecular weight is 388 g/mol. The number of phosphoric acid groups is 1. The second-order valence-corrected chi connectivity index (χ2v) is 6.34. The fourth-order valence-electron chi connectivity index (χ4n) is 1.52. The summed E-state index contributed by atoms with van der Waals surface area (Å²) in [5.74, 6) is -1.17. The summed E-state index contributed by atoms with van der Waals surface area (Å²) in [5, 5.41) is 0. The van der Waals surface area contributed by atoms with Crippen LogP contribution in [-0.2, 0) is 28.1 Å². The van der Waals surface area contributed by atoms with Gasteiger partial charge in [0, 0.05) is 12.7 Å². The number of esters is 2. The number of phosphoric ester groups is 1. The van der Waals surface area contributed by atoms with Crippen molar-refractivity contribution >= 4 is 19.8 Å². The fraction of sp³-hybridized carbons (Fsp3) is 0.375. The molecular formula is C16H21O9P. The van der Waals surface area contributed by atoms with E-state index in [2.05, 4.69) is 11.1 Å². The van der Waals surface area contributed by atoms with Crippen molar-refractivity contribution in [2.24, 2.45) is 0 Å². The molecule has 0 spiro atoms. The zero-order valence-electron chi connectivity index (χ0n) is 14.5. The Morgan fingerprint density at radius 2 is 1.69 bits per heavy atom. The summed E-state index contributed by atoms with van der Waals surface area (Å²) in [6.45, 7) is 4.69. The van der Waals surface area contributed by atoms with Gasteiger partial charge in [-0.05, 0) is 31.2 Å². The Hall–Kier alpha value is -2.19. The number of carbonyl (C=O) groups excluding carboxylic acids is 2. The molecule has 1 rings (SSSR count). The largest absolute Gasteiger partial charge is 0.527 e. The van der Waals surface area contributed by atoms with Crippen molar-refractivity contribution in [3.05, 3.63) is 42.0 Å². The van der Waals surface area contributed by atoms with Crippen LogP contribution in [0.25, 0.3) is 0 Å². The minimum absolute atomic E-state index is 0.0169. The van der Waals surface area contributed by atoms with Crippen LogP contribution in [0.1, 0.15) is 17.3 Å². The van der Waals surface area contributed by atoms with Crippen molar-refractivity contribution in [2.75, 3.05) is 33.5 Å². The molecule has 0 aliphatic carbocycles. The first-order valence-corrected chi connectivity index (χ1v) is 9.00. The SMILES string of the molecule is C=C(C)C(=O)OCCOP(=O)(O)Oc1ccc(C(=O)OCCOC)cc1. The van der Waals surface area contributed by atoms with E-state index >= 15 is 0 Å². The number of hydrogen-bond donors (Lipinski definition) is 1. The van der Waals surface area contributed by atoms with Crippen LogP contribution in [-0.4, -0.2) is 50.4 Å². The maximum absolute atomic E-state index is 11.8. The molecule has 0 amide bonds. The van der Waals surface area contributed by atoms with E-state index in [0.717, 1.165) is 0 Å². The minimum atomic E-state index is -4.41. The lowest BCUT2D eigenvalue weighted by atomic mass is 10.2. The van der Waals surface area contributed by atoms with Crippen LogP contribution in [0.2, 0.25) is 0 Å². The molecule has 0 aromatic heterocycles. The number of rotatable bonds is 11. The van der Waals surface area contributed by atoms with Crippen LogP contribution in [0.5, 0.6) is 5.75 Å². The highest BCUT2D eigenvalue weighted by Crippen LogP contribution is 2.43. The number of benzene rings is 1. The van der Waals surface area contributed by atoms with E-state index in [9.17, 15) is 19.0 Å². The fourth-order valence-corrected chi connectivity index (χ4v) is 2.27. The highest BCUT2D eigenvalue weighted by molar-refractivity contribution is 7.47. The van der Waals surface area contributed by atoms with Gasteiger partial charge < -0.3 is 18.7 Å². The normalized spacial score (nSPS) is 12.7. The summed E-state index contributed by atoms with van der Waals surface area (Å²) in [7, 11) is -2.92. The molecule has 26 heavy (non-hydrogen) atoms. The summed E-state index contributed by atoms with van der Waals surface area (Å²) < 4.78 is 35.7. The van der Waals surface area contributed by atoms with Gasteiger partial charge >= 0.3 is 19.8 Å². The molecule has 1 unspecified atom stereocenters. The predicted octanol–water partition coefficient (Wildman–Crippen LogP) is 2.10. The van der Waals surface area contributed by atoms with Gasteiger partial charge in [0.15, 0.2) is 0 Å². The first kappa shape index (κ1) is 21.9. The Morgan fingerprint density at radius 3 is 2.27 bits per heavy atom. The molecule has 0 bridgehead atoms. The van der Waals surface area contributed by atoms with E-state index in [1.807, 2.05) is 0 Å². The Labute approximate surface area is 151 Å². The summed E-state index contributed by atoms with van der Waals surface area (Å²) in [6, 6.07) is 5.39. The zero-order valence-corrected chi connectivity index (χ0v) is 15.4. The van der Waals surface area contributed by atoms with E-state index in [4.69, 9.17) is 18.7 Å². The van der Waals surface area contributed by atoms with Gasteiger partial charge in [-0.15, -0.1) is 0 Å². The van der Waals surface area contributed by atoms with Crippen molar-refractivity contribution < 1.29 is 42.3 Å². The smallest absolute Gasteiger partial charge is 0.460 e. The molecule has 0 saturated heterocycles. The summed E-state index contributed by atoms with van der Waals surface area (Å²) >= 11 is 0. The minimum Gasteiger partial charge on any atom is -0.460 e. The van der Waals surface area contributed by atoms with Crippen molar-refractivity contribution in [1.82, 2.24) is 0 Å². The monoisotopic (exact) mass is 388 g/mol. The van der Waals surface area contributed by atoms with E-state index in [1.165, 1.54) is 38.3 Å². The molecule has 0 heterocycles. The van der Waals surface area contributed by atoms with Gasteiger partial charge in [0.1, 0.15) is 19.0 Å². The van der Waals surface area contributed by atoms with Gasteiger partial charge in [-0.1, -0.05) is 6.58 Å². The topological polar surface area (TPSA) is 118 Å². The third-order valence-corrected chi connectivity index (χ3v) is 3.70. The van der Waals surface area contributed by atoms with Crippen molar-refractivity contribution in [3.63, 3.8) is 0 Å². The molecular weight excluding hydrogens is 367 g/mol.